The van der Waals surface area contributed by atoms with Crippen molar-refractivity contribution in [3.63, 3.8) is 0 Å². The summed E-state index contributed by atoms with van der Waals surface area (Å²) in [6, 6.07) is 7.45. The number of piperidine rings is 1. The molecular formula is C21H24ClN3O5S. The fraction of sp³-hybridized carbons (Fsp3) is 0.381. The van der Waals surface area contributed by atoms with Gasteiger partial charge in [0, 0.05) is 19.3 Å². The van der Waals surface area contributed by atoms with Gasteiger partial charge in [-0.15, -0.1) is 0 Å². The van der Waals surface area contributed by atoms with E-state index in [4.69, 9.17) is 16.3 Å². The van der Waals surface area contributed by atoms with Crippen molar-refractivity contribution in [2.45, 2.75) is 44.1 Å². The van der Waals surface area contributed by atoms with Gasteiger partial charge in [0.05, 0.1) is 15.5 Å². The van der Waals surface area contributed by atoms with Crippen LogP contribution in [0.5, 0.6) is 0 Å². The van der Waals surface area contributed by atoms with Crippen LogP contribution in [0.4, 0.5) is 5.82 Å². The quantitative estimate of drug-likeness (QED) is 0.655. The number of esters is 1. The van der Waals surface area contributed by atoms with Gasteiger partial charge in [-0.2, -0.15) is 4.31 Å². The van der Waals surface area contributed by atoms with Gasteiger partial charge in [0.2, 0.25) is 10.0 Å². The first-order chi connectivity index (χ1) is 14.7. The maximum absolute atomic E-state index is 12.9. The first-order valence-corrected chi connectivity index (χ1v) is 11.7. The molecule has 1 N–H and O–H groups in total. The van der Waals surface area contributed by atoms with E-state index in [2.05, 4.69) is 10.3 Å². The number of rotatable bonds is 6. The highest BCUT2D eigenvalue weighted by Gasteiger charge is 2.28. The molecule has 8 nitrogen and oxygen atoms in total. The van der Waals surface area contributed by atoms with Crippen LogP contribution in [0.25, 0.3) is 0 Å². The summed E-state index contributed by atoms with van der Waals surface area (Å²) in [5.74, 6) is -1.08. The smallest absolute Gasteiger partial charge is 0.339 e. The van der Waals surface area contributed by atoms with E-state index < -0.39 is 28.0 Å². The molecule has 1 aromatic carbocycles. The van der Waals surface area contributed by atoms with Crippen molar-refractivity contribution in [1.29, 1.82) is 0 Å². The molecule has 166 valence electrons. The molecule has 3 rings (SSSR count). The second kappa shape index (κ2) is 9.76. The van der Waals surface area contributed by atoms with Gasteiger partial charge in [0.1, 0.15) is 5.82 Å². The lowest BCUT2D eigenvalue weighted by atomic mass is 10.1. The van der Waals surface area contributed by atoms with Gasteiger partial charge in [0.15, 0.2) is 6.10 Å². The van der Waals surface area contributed by atoms with Crippen LogP contribution in [0.15, 0.2) is 41.4 Å². The Bertz CT molecular complexity index is 1070. The highest BCUT2D eigenvalue weighted by Crippen LogP contribution is 2.23. The van der Waals surface area contributed by atoms with E-state index in [1.165, 1.54) is 35.6 Å². The number of aromatic nitrogens is 1. The third kappa shape index (κ3) is 5.61. The number of nitrogens with one attached hydrogen (secondary N) is 1. The molecule has 0 unspecified atom stereocenters. The van der Waals surface area contributed by atoms with Crippen molar-refractivity contribution < 1.29 is 22.7 Å². The minimum absolute atomic E-state index is 0.0365. The third-order valence-electron chi connectivity index (χ3n) is 5.01. The number of halogens is 1. The van der Waals surface area contributed by atoms with Crippen molar-refractivity contribution in [3.05, 3.63) is 52.7 Å². The van der Waals surface area contributed by atoms with Crippen molar-refractivity contribution in [2.75, 3.05) is 18.4 Å². The lowest BCUT2D eigenvalue weighted by Crippen LogP contribution is -2.35. The predicted octanol–water partition coefficient (Wildman–Crippen LogP) is 3.40. The van der Waals surface area contributed by atoms with Crippen LogP contribution >= 0.6 is 11.6 Å². The Balaban J connectivity index is 1.72. The number of amides is 1. The number of hydrogen-bond acceptors (Lipinski definition) is 6. The number of carbonyl (C=O) groups excluding carboxylic acids is 2. The number of hydrogen-bond donors (Lipinski definition) is 1. The molecule has 1 aliphatic rings. The van der Waals surface area contributed by atoms with E-state index in [0.29, 0.717) is 23.7 Å². The van der Waals surface area contributed by atoms with Gasteiger partial charge in [-0.25, -0.2) is 18.2 Å². The standard InChI is InChI=1S/C21H24ClN3O5S/c1-14-6-8-17(31(28,29)25-10-4-3-5-11-25)12-18(14)21(27)30-15(2)20(26)24-19-9-7-16(22)13-23-19/h6-9,12-13,15H,3-5,10-11H2,1-2H3,(H,23,24,26)/t15-/m0/s1. The zero-order chi connectivity index (χ0) is 22.6. The second-order valence-corrected chi connectivity index (χ2v) is 9.71. The average molecular weight is 466 g/mol. The Morgan fingerprint density at radius 1 is 1.16 bits per heavy atom. The topological polar surface area (TPSA) is 106 Å². The number of sulfonamides is 1. The highest BCUT2D eigenvalue weighted by molar-refractivity contribution is 7.89. The predicted molar refractivity (Wildman–Crippen MR) is 117 cm³/mol. The second-order valence-electron chi connectivity index (χ2n) is 7.34. The Labute approximate surface area is 186 Å². The molecule has 1 amide bonds. The monoisotopic (exact) mass is 465 g/mol. The highest BCUT2D eigenvalue weighted by atomic mass is 35.5. The van der Waals surface area contributed by atoms with Gasteiger partial charge in [0.25, 0.3) is 5.91 Å². The molecule has 1 fully saturated rings. The summed E-state index contributed by atoms with van der Waals surface area (Å²) < 4.78 is 32.6. The van der Waals surface area contributed by atoms with E-state index >= 15 is 0 Å². The summed E-state index contributed by atoms with van der Waals surface area (Å²) in [7, 11) is -3.70. The van der Waals surface area contributed by atoms with Gasteiger partial charge in [-0.1, -0.05) is 24.1 Å². The fourth-order valence-electron chi connectivity index (χ4n) is 3.19. The lowest BCUT2D eigenvalue weighted by molar-refractivity contribution is -0.123. The Morgan fingerprint density at radius 2 is 1.87 bits per heavy atom. The van der Waals surface area contributed by atoms with E-state index in [-0.39, 0.29) is 16.3 Å². The number of pyridine rings is 1. The molecule has 2 heterocycles. The number of carbonyl (C=O) groups is 2. The van der Waals surface area contributed by atoms with Crippen molar-refractivity contribution in [3.8, 4) is 0 Å². The molecule has 0 bridgehead atoms. The summed E-state index contributed by atoms with van der Waals surface area (Å²) in [5.41, 5.74) is 0.650. The first-order valence-electron chi connectivity index (χ1n) is 9.92. The molecule has 1 atom stereocenters. The number of anilines is 1. The van der Waals surface area contributed by atoms with Crippen molar-refractivity contribution >= 4 is 39.3 Å². The molecule has 0 aliphatic carbocycles. The van der Waals surface area contributed by atoms with Gasteiger partial charge < -0.3 is 10.1 Å². The normalized spacial score (nSPS) is 15.8. The van der Waals surface area contributed by atoms with Crippen LogP contribution in [0.3, 0.4) is 0 Å². The average Bonchev–Trinajstić information content (AvgIpc) is 2.76. The Kier molecular flexibility index (Phi) is 7.30. The maximum Gasteiger partial charge on any atom is 0.339 e. The first kappa shape index (κ1) is 23.2. The Hall–Kier alpha value is -2.49. The zero-order valence-corrected chi connectivity index (χ0v) is 18.9. The van der Waals surface area contributed by atoms with E-state index in [1.807, 2.05) is 0 Å². The summed E-state index contributed by atoms with van der Waals surface area (Å²) in [5, 5.41) is 2.95. The van der Waals surface area contributed by atoms with Crippen LogP contribution in [0.2, 0.25) is 5.02 Å². The lowest BCUT2D eigenvalue weighted by Gasteiger charge is -2.26. The number of aryl methyl sites for hydroxylation is 1. The molecular weight excluding hydrogens is 442 g/mol. The van der Waals surface area contributed by atoms with Crippen LogP contribution in [-0.4, -0.2) is 48.8 Å². The number of nitrogens with zero attached hydrogens (tertiary/aromatic N) is 2. The summed E-state index contributed by atoms with van der Waals surface area (Å²) in [6.07, 6.45) is 2.89. The third-order valence-corrected chi connectivity index (χ3v) is 7.13. The summed E-state index contributed by atoms with van der Waals surface area (Å²) in [6.45, 7) is 4.03. The van der Waals surface area contributed by atoms with E-state index in [9.17, 15) is 18.0 Å². The molecule has 2 aromatic rings. The van der Waals surface area contributed by atoms with E-state index in [0.717, 1.165) is 19.3 Å². The number of ether oxygens (including phenoxy) is 1. The molecule has 0 saturated carbocycles. The van der Waals surface area contributed by atoms with Crippen molar-refractivity contribution in [1.82, 2.24) is 9.29 Å². The van der Waals surface area contributed by atoms with Crippen LogP contribution in [-0.2, 0) is 19.6 Å². The molecule has 10 heteroatoms. The van der Waals surface area contributed by atoms with Crippen LogP contribution in [0, 0.1) is 6.92 Å². The minimum atomic E-state index is -3.70. The van der Waals surface area contributed by atoms with Gasteiger partial charge in [-0.05, 0) is 56.5 Å². The van der Waals surface area contributed by atoms with Crippen LogP contribution < -0.4 is 5.32 Å². The van der Waals surface area contributed by atoms with Crippen LogP contribution in [0.1, 0.15) is 42.1 Å². The molecule has 1 aromatic heterocycles. The number of benzene rings is 1. The minimum Gasteiger partial charge on any atom is -0.449 e. The molecule has 31 heavy (non-hydrogen) atoms. The summed E-state index contributed by atoms with van der Waals surface area (Å²) >= 11 is 5.77. The largest absolute Gasteiger partial charge is 0.449 e. The zero-order valence-electron chi connectivity index (χ0n) is 17.3. The van der Waals surface area contributed by atoms with Crippen molar-refractivity contribution in [2.24, 2.45) is 0 Å². The fourth-order valence-corrected chi connectivity index (χ4v) is 4.85. The molecule has 1 saturated heterocycles. The maximum atomic E-state index is 12.9. The molecule has 0 radical (unpaired) electrons. The SMILES string of the molecule is Cc1ccc(S(=O)(=O)N2CCCCC2)cc1C(=O)O[C@@H](C)C(=O)Nc1ccc(Cl)cn1. The van der Waals surface area contributed by atoms with E-state index in [1.54, 1.807) is 19.1 Å². The van der Waals surface area contributed by atoms with Gasteiger partial charge in [-0.3, -0.25) is 4.79 Å². The molecule has 1 aliphatic heterocycles. The summed E-state index contributed by atoms with van der Waals surface area (Å²) in [4.78, 5) is 29.0. The Morgan fingerprint density at radius 3 is 2.52 bits per heavy atom. The molecule has 0 spiro atoms. The van der Waals surface area contributed by atoms with Gasteiger partial charge >= 0.3 is 5.97 Å².